The Labute approximate surface area is 56.8 Å². The van der Waals surface area contributed by atoms with Gasteiger partial charge in [0.05, 0.1) is 0 Å². The summed E-state index contributed by atoms with van der Waals surface area (Å²) in [7, 11) is 0. The van der Waals surface area contributed by atoms with Gasteiger partial charge in [-0.1, -0.05) is 19.3 Å². The summed E-state index contributed by atoms with van der Waals surface area (Å²) in [4.78, 5) is 0. The average molecular weight is 125 g/mol. The van der Waals surface area contributed by atoms with Crippen molar-refractivity contribution in [3.8, 4) is 0 Å². The fourth-order valence-electron chi connectivity index (χ4n) is 2.13. The summed E-state index contributed by atoms with van der Waals surface area (Å²) in [5.41, 5.74) is 0.790. The quantitative estimate of drug-likeness (QED) is 0.518. The third kappa shape index (κ3) is 0.877. The van der Waals surface area contributed by atoms with E-state index in [1.54, 1.807) is 0 Å². The Bertz CT molecular complexity index is 97.1. The highest BCUT2D eigenvalue weighted by Crippen LogP contribution is 2.38. The van der Waals surface area contributed by atoms with Crippen LogP contribution in [0, 0.1) is 5.41 Å². The van der Waals surface area contributed by atoms with Gasteiger partial charge in [0.25, 0.3) is 0 Å². The summed E-state index contributed by atoms with van der Waals surface area (Å²) < 4.78 is 0. The van der Waals surface area contributed by atoms with Crippen LogP contribution in [0.1, 0.15) is 32.1 Å². The summed E-state index contributed by atoms with van der Waals surface area (Å²) in [5.74, 6) is 0. The average Bonchev–Trinajstić information content (AvgIpc) is 1.87. The Morgan fingerprint density at radius 2 is 1.56 bits per heavy atom. The van der Waals surface area contributed by atoms with E-state index in [9.17, 15) is 0 Å². The highest BCUT2D eigenvalue weighted by atomic mass is 15.0. The van der Waals surface area contributed by atoms with Crippen LogP contribution < -0.4 is 5.32 Å². The monoisotopic (exact) mass is 125 g/mol. The van der Waals surface area contributed by atoms with Gasteiger partial charge in [-0.3, -0.25) is 0 Å². The maximum Gasteiger partial charge on any atom is 0.00202 e. The Balaban J connectivity index is 1.93. The zero-order chi connectivity index (χ0) is 6.16. The molecule has 1 spiro atoms. The number of hydrogen-bond acceptors (Lipinski definition) is 1. The number of nitrogens with one attached hydrogen (secondary N) is 1. The van der Waals surface area contributed by atoms with Gasteiger partial charge in [0.1, 0.15) is 0 Å². The van der Waals surface area contributed by atoms with Crippen molar-refractivity contribution in [3.05, 3.63) is 0 Å². The molecule has 0 bridgehead atoms. The molecule has 9 heavy (non-hydrogen) atoms. The second kappa shape index (κ2) is 1.98. The van der Waals surface area contributed by atoms with Crippen molar-refractivity contribution in [2.75, 3.05) is 13.1 Å². The van der Waals surface area contributed by atoms with Crippen LogP contribution in [0.3, 0.4) is 0 Å². The van der Waals surface area contributed by atoms with E-state index in [1.807, 2.05) is 0 Å². The van der Waals surface area contributed by atoms with Crippen molar-refractivity contribution < 1.29 is 0 Å². The minimum atomic E-state index is 0.790. The molecule has 1 heteroatoms. The van der Waals surface area contributed by atoms with Crippen molar-refractivity contribution in [1.29, 1.82) is 0 Å². The van der Waals surface area contributed by atoms with Crippen molar-refractivity contribution in [1.82, 2.24) is 5.32 Å². The molecule has 1 aliphatic heterocycles. The molecule has 0 aromatic heterocycles. The smallest absolute Gasteiger partial charge is 0.00202 e. The van der Waals surface area contributed by atoms with Crippen LogP contribution in [0.5, 0.6) is 0 Å². The minimum Gasteiger partial charge on any atom is -0.316 e. The van der Waals surface area contributed by atoms with Gasteiger partial charge in [0.15, 0.2) is 0 Å². The minimum absolute atomic E-state index is 0.790. The van der Waals surface area contributed by atoms with E-state index in [0.717, 1.165) is 5.41 Å². The predicted molar refractivity (Wildman–Crippen MR) is 38.4 cm³/mol. The third-order valence-corrected chi connectivity index (χ3v) is 2.91. The van der Waals surface area contributed by atoms with Gasteiger partial charge < -0.3 is 5.32 Å². The molecular weight excluding hydrogens is 110 g/mol. The highest BCUT2D eigenvalue weighted by molar-refractivity contribution is 4.93. The SMILES string of the molecule is C1CCC2(CC1)CNC2. The normalized spacial score (nSPS) is 32.0. The van der Waals surface area contributed by atoms with Gasteiger partial charge in [0.2, 0.25) is 0 Å². The number of rotatable bonds is 0. The van der Waals surface area contributed by atoms with Crippen LogP contribution >= 0.6 is 0 Å². The number of hydrogen-bond donors (Lipinski definition) is 1. The van der Waals surface area contributed by atoms with Crippen molar-refractivity contribution in [3.63, 3.8) is 0 Å². The summed E-state index contributed by atoms with van der Waals surface area (Å²) in [6, 6.07) is 0. The lowest BCUT2D eigenvalue weighted by molar-refractivity contribution is 0.107. The van der Waals surface area contributed by atoms with Crippen LogP contribution in [-0.4, -0.2) is 13.1 Å². The van der Waals surface area contributed by atoms with Gasteiger partial charge in [0, 0.05) is 13.1 Å². The van der Waals surface area contributed by atoms with Crippen LogP contribution in [0.15, 0.2) is 0 Å². The standard InChI is InChI=1S/C8H15N/c1-2-4-8(5-3-1)6-9-7-8/h9H,1-7H2. The molecular formula is C8H15N. The van der Waals surface area contributed by atoms with E-state index in [-0.39, 0.29) is 0 Å². The van der Waals surface area contributed by atoms with Gasteiger partial charge in [-0.15, -0.1) is 0 Å². The molecule has 1 saturated heterocycles. The summed E-state index contributed by atoms with van der Waals surface area (Å²) in [6.07, 6.45) is 7.46. The molecule has 2 rings (SSSR count). The molecule has 1 N–H and O–H groups in total. The van der Waals surface area contributed by atoms with E-state index < -0.39 is 0 Å². The van der Waals surface area contributed by atoms with E-state index in [1.165, 1.54) is 45.2 Å². The van der Waals surface area contributed by atoms with E-state index >= 15 is 0 Å². The Hall–Kier alpha value is -0.0400. The molecule has 0 radical (unpaired) electrons. The summed E-state index contributed by atoms with van der Waals surface area (Å²) in [5, 5.41) is 3.37. The molecule has 1 aliphatic carbocycles. The van der Waals surface area contributed by atoms with Crippen molar-refractivity contribution >= 4 is 0 Å². The lowest BCUT2D eigenvalue weighted by atomic mass is 9.70. The third-order valence-electron chi connectivity index (χ3n) is 2.91. The van der Waals surface area contributed by atoms with Gasteiger partial charge >= 0.3 is 0 Å². The second-order valence-corrected chi connectivity index (χ2v) is 3.66. The fraction of sp³-hybridized carbons (Fsp3) is 1.00. The maximum atomic E-state index is 3.37. The van der Waals surface area contributed by atoms with E-state index in [0.29, 0.717) is 0 Å². The van der Waals surface area contributed by atoms with Gasteiger partial charge in [-0.2, -0.15) is 0 Å². The first kappa shape index (κ1) is 5.72. The summed E-state index contributed by atoms with van der Waals surface area (Å²) in [6.45, 7) is 2.62. The Morgan fingerprint density at radius 3 is 1.89 bits per heavy atom. The molecule has 1 saturated carbocycles. The Kier molecular flexibility index (Phi) is 1.26. The van der Waals surface area contributed by atoms with Crippen molar-refractivity contribution in [2.45, 2.75) is 32.1 Å². The lowest BCUT2D eigenvalue weighted by Crippen LogP contribution is -2.54. The second-order valence-electron chi connectivity index (χ2n) is 3.66. The molecule has 1 nitrogen and oxygen atoms in total. The first-order valence-corrected chi connectivity index (χ1v) is 4.12. The molecule has 0 amide bonds. The fourth-order valence-corrected chi connectivity index (χ4v) is 2.13. The first-order valence-electron chi connectivity index (χ1n) is 4.12. The van der Waals surface area contributed by atoms with Crippen molar-refractivity contribution in [2.24, 2.45) is 5.41 Å². The molecule has 0 unspecified atom stereocenters. The predicted octanol–water partition coefficient (Wildman–Crippen LogP) is 1.54. The molecule has 2 aliphatic rings. The van der Waals surface area contributed by atoms with Gasteiger partial charge in [-0.05, 0) is 18.3 Å². The first-order chi connectivity index (χ1) is 4.41. The summed E-state index contributed by atoms with van der Waals surface area (Å²) >= 11 is 0. The van der Waals surface area contributed by atoms with E-state index in [2.05, 4.69) is 5.32 Å². The largest absolute Gasteiger partial charge is 0.316 e. The molecule has 1 heterocycles. The maximum absolute atomic E-state index is 3.37. The van der Waals surface area contributed by atoms with Crippen LogP contribution in [0.4, 0.5) is 0 Å². The zero-order valence-corrected chi connectivity index (χ0v) is 5.95. The lowest BCUT2D eigenvalue weighted by Gasteiger charge is -2.45. The molecule has 2 fully saturated rings. The highest BCUT2D eigenvalue weighted by Gasteiger charge is 2.37. The van der Waals surface area contributed by atoms with Crippen LogP contribution in [0.2, 0.25) is 0 Å². The van der Waals surface area contributed by atoms with Crippen LogP contribution in [-0.2, 0) is 0 Å². The molecule has 0 aromatic rings. The Morgan fingerprint density at radius 1 is 0.889 bits per heavy atom. The molecule has 52 valence electrons. The van der Waals surface area contributed by atoms with Crippen LogP contribution in [0.25, 0.3) is 0 Å². The molecule has 0 atom stereocenters. The van der Waals surface area contributed by atoms with Gasteiger partial charge in [-0.25, -0.2) is 0 Å². The zero-order valence-electron chi connectivity index (χ0n) is 5.95. The topological polar surface area (TPSA) is 12.0 Å². The molecule has 0 aromatic carbocycles. The van der Waals surface area contributed by atoms with E-state index in [4.69, 9.17) is 0 Å².